The second-order valence-electron chi connectivity index (χ2n) is 35.7. The number of pyridine rings is 6. The first-order chi connectivity index (χ1) is 60.3. The molecule has 5 atom stereocenters. The first-order valence-electron chi connectivity index (χ1n) is 42.5. The fraction of sp³-hybridized carbons (Fsp3) is 0.540. The van der Waals surface area contributed by atoms with Gasteiger partial charge in [-0.2, -0.15) is 15.5 Å². The number of rotatable bonds is 10. The van der Waals surface area contributed by atoms with Crippen LogP contribution in [0.2, 0.25) is 0 Å². The van der Waals surface area contributed by atoms with Crippen molar-refractivity contribution in [2.75, 3.05) is 111 Å². The molecule has 14 rings (SSSR count). The van der Waals surface area contributed by atoms with Gasteiger partial charge in [-0.05, 0) is 221 Å². The van der Waals surface area contributed by atoms with Crippen LogP contribution in [0, 0.1) is 42.9 Å². The van der Waals surface area contributed by atoms with Crippen molar-refractivity contribution in [3.05, 3.63) is 154 Å². The average Bonchev–Trinajstić information content (AvgIpc) is 1.14. The molecule has 0 bridgehead atoms. The minimum Gasteiger partial charge on any atom is -0.444 e. The molecular formula is C87H117BrN24O15S. The molecule has 4 N–H and O–H groups in total. The number of ether oxygens (including phenoxy) is 4. The summed E-state index contributed by atoms with van der Waals surface area (Å²) in [5, 5.41) is 47.1. The predicted molar refractivity (Wildman–Crippen MR) is 489 cm³/mol. The Labute approximate surface area is 755 Å². The number of aromatic nitrogens is 10. The van der Waals surface area contributed by atoms with Crippen LogP contribution in [0.15, 0.2) is 117 Å². The van der Waals surface area contributed by atoms with Crippen molar-refractivity contribution in [2.24, 2.45) is 0 Å². The van der Waals surface area contributed by atoms with E-state index in [9.17, 15) is 58.5 Å². The SMILES string of the molecule is CC1CN(c2ccc(N)nc2)CCN1C(=O)OC(C)(C)C.CC1CN(c2ccc(Nc3ncc4cc(C#N)c(=O)n(C5CCCC5)c4n3)nc2)CCN1C(=O)OC(C)(C)C.CC1CN(c2ccc([N+](=O)[O-])nc2)CCN1C(=O)OC(C)(C)C.CC1CNCCN1C(=O)OC(C)(C)C.CS(=O)c1ncc2cc(C#N)c(=O)n(C3CCCC3)c2n1.O=[N+]([O-])c1ccc(Br)cn1. The summed E-state index contributed by atoms with van der Waals surface area (Å²) < 4.78 is 37.3. The average molecular weight is 1850 g/mol. The summed E-state index contributed by atoms with van der Waals surface area (Å²) in [7, 11) is -1.31. The van der Waals surface area contributed by atoms with E-state index in [1.807, 2.05) is 141 Å². The Bertz CT molecular complexity index is 5430. The lowest BCUT2D eigenvalue weighted by molar-refractivity contribution is -0.389. The van der Waals surface area contributed by atoms with Crippen LogP contribution in [0.4, 0.5) is 65.5 Å². The molecule has 688 valence electrons. The molecule has 0 radical (unpaired) electrons. The number of carbonyl (C=O) groups is 4. The summed E-state index contributed by atoms with van der Waals surface area (Å²) in [6, 6.07) is 21.0. The lowest BCUT2D eigenvalue weighted by Gasteiger charge is -2.41. The lowest BCUT2D eigenvalue weighted by Crippen LogP contribution is -2.55. The Balaban J connectivity index is 0.000000182. The summed E-state index contributed by atoms with van der Waals surface area (Å²) in [6.07, 6.45) is 17.9. The van der Waals surface area contributed by atoms with Gasteiger partial charge in [0.1, 0.15) is 68.6 Å². The van der Waals surface area contributed by atoms with Gasteiger partial charge in [0.05, 0.1) is 44.7 Å². The van der Waals surface area contributed by atoms with Gasteiger partial charge in [0.15, 0.2) is 12.4 Å². The highest BCUT2D eigenvalue weighted by Gasteiger charge is 2.36. The van der Waals surface area contributed by atoms with E-state index in [4.69, 9.17) is 29.9 Å². The molecule has 4 amide bonds. The van der Waals surface area contributed by atoms with Crippen molar-refractivity contribution in [3.8, 4) is 12.1 Å². The monoisotopic (exact) mass is 1850 g/mol. The Morgan fingerprint density at radius 2 is 0.898 bits per heavy atom. The predicted octanol–water partition coefficient (Wildman–Crippen LogP) is 13.4. The smallest absolute Gasteiger partial charge is 0.410 e. The number of nitrogen functional groups attached to an aromatic ring is 1. The second-order valence-corrected chi connectivity index (χ2v) is 37.9. The van der Waals surface area contributed by atoms with Gasteiger partial charge < -0.3 is 89.8 Å². The third-order valence-electron chi connectivity index (χ3n) is 21.0. The van der Waals surface area contributed by atoms with Gasteiger partial charge in [-0.15, -0.1) is 0 Å². The molecule has 8 aromatic rings. The van der Waals surface area contributed by atoms with Crippen molar-refractivity contribution >= 4 is 119 Å². The molecular weight excluding hydrogens is 1730 g/mol. The number of carbonyl (C=O) groups excluding carboxylic acids is 4. The van der Waals surface area contributed by atoms with Crippen LogP contribution in [0.1, 0.15) is 185 Å². The Morgan fingerprint density at radius 3 is 1.24 bits per heavy atom. The molecule has 41 heteroatoms. The fourth-order valence-corrected chi connectivity index (χ4v) is 15.5. The molecule has 4 aliphatic heterocycles. The molecule has 12 heterocycles. The number of anilines is 6. The number of halogens is 1. The quantitative estimate of drug-likeness (QED) is 0.0495. The van der Waals surface area contributed by atoms with E-state index >= 15 is 0 Å². The van der Waals surface area contributed by atoms with Gasteiger partial charge in [-0.1, -0.05) is 25.7 Å². The topological polar surface area (TPSA) is 476 Å². The highest BCUT2D eigenvalue weighted by molar-refractivity contribution is 9.10. The molecule has 0 aromatic carbocycles. The van der Waals surface area contributed by atoms with Crippen molar-refractivity contribution in [3.63, 3.8) is 0 Å². The molecule has 6 aliphatic rings. The van der Waals surface area contributed by atoms with Crippen molar-refractivity contribution in [1.29, 1.82) is 10.5 Å². The summed E-state index contributed by atoms with van der Waals surface area (Å²) in [5.41, 5.74) is 7.09. The summed E-state index contributed by atoms with van der Waals surface area (Å²) >= 11 is 3.11. The van der Waals surface area contributed by atoms with Crippen LogP contribution >= 0.6 is 15.9 Å². The van der Waals surface area contributed by atoms with E-state index in [2.05, 4.69) is 81.1 Å². The number of nitrogens with one attached hydrogen (secondary N) is 2. The summed E-state index contributed by atoms with van der Waals surface area (Å²) in [5.74, 6) is 1.11. The fourth-order valence-electron chi connectivity index (χ4n) is 14.9. The number of nitrogens with zero attached hydrogens (tertiary/aromatic N) is 21. The number of nitro groups is 2. The summed E-state index contributed by atoms with van der Waals surface area (Å²) in [6.45, 7) is 38.7. The highest BCUT2D eigenvalue weighted by atomic mass is 79.9. The molecule has 5 unspecified atom stereocenters. The molecule has 2 saturated carbocycles. The first-order valence-corrected chi connectivity index (χ1v) is 44.9. The van der Waals surface area contributed by atoms with E-state index < -0.39 is 43.1 Å². The van der Waals surface area contributed by atoms with E-state index in [1.165, 1.54) is 43.0 Å². The molecule has 6 fully saturated rings. The second kappa shape index (κ2) is 43.9. The molecule has 128 heavy (non-hydrogen) atoms. The van der Waals surface area contributed by atoms with Gasteiger partial charge in [-0.25, -0.2) is 44.1 Å². The maximum absolute atomic E-state index is 13.0. The van der Waals surface area contributed by atoms with Crippen LogP contribution in [0.25, 0.3) is 22.1 Å². The van der Waals surface area contributed by atoms with Crippen LogP contribution in [-0.2, 0) is 29.7 Å². The molecule has 8 aromatic heterocycles. The Morgan fingerprint density at radius 1 is 0.516 bits per heavy atom. The number of hydrogen-bond acceptors (Lipinski definition) is 31. The maximum atomic E-state index is 13.0. The molecule has 39 nitrogen and oxygen atoms in total. The van der Waals surface area contributed by atoms with Crippen molar-refractivity contribution < 1.29 is 52.2 Å². The molecule has 2 aliphatic carbocycles. The summed E-state index contributed by atoms with van der Waals surface area (Å²) in [4.78, 5) is 141. The van der Waals surface area contributed by atoms with E-state index in [0.717, 1.165) is 106 Å². The minimum absolute atomic E-state index is 0.00332. The Kier molecular flexibility index (Phi) is 34.1. The van der Waals surface area contributed by atoms with Crippen LogP contribution in [0.3, 0.4) is 0 Å². The van der Waals surface area contributed by atoms with Crippen LogP contribution in [-0.4, -0.2) is 238 Å². The van der Waals surface area contributed by atoms with Gasteiger partial charge in [-0.3, -0.25) is 22.9 Å². The number of amides is 4. The van der Waals surface area contributed by atoms with Crippen LogP contribution < -0.4 is 42.2 Å². The van der Waals surface area contributed by atoms with Crippen LogP contribution in [0.5, 0.6) is 0 Å². The molecule has 0 spiro atoms. The lowest BCUT2D eigenvalue weighted by atomic mass is 10.1. The Hall–Kier alpha value is -12.4. The van der Waals surface area contributed by atoms with E-state index in [1.54, 1.807) is 71.6 Å². The van der Waals surface area contributed by atoms with Crippen molar-refractivity contribution in [2.45, 2.75) is 226 Å². The number of nitriles is 2. The maximum Gasteiger partial charge on any atom is 0.410 e. The van der Waals surface area contributed by atoms with Gasteiger partial charge in [0.25, 0.3) is 11.1 Å². The molecule has 4 saturated heterocycles. The third-order valence-corrected chi connectivity index (χ3v) is 22.1. The first kappa shape index (κ1) is 99.4. The number of hydrogen-bond donors (Lipinski definition) is 3. The minimum atomic E-state index is -1.31. The van der Waals surface area contributed by atoms with Crippen molar-refractivity contribution in [1.82, 2.24) is 73.9 Å². The van der Waals surface area contributed by atoms with E-state index in [0.29, 0.717) is 85.5 Å². The van der Waals surface area contributed by atoms with Gasteiger partial charge >= 0.3 is 36.0 Å². The zero-order valence-corrected chi connectivity index (χ0v) is 78.1. The van der Waals surface area contributed by atoms with Gasteiger partial charge in [0.2, 0.25) is 11.1 Å². The number of nitrogens with two attached hydrogens (primary N) is 1. The highest BCUT2D eigenvalue weighted by Crippen LogP contribution is 2.34. The largest absolute Gasteiger partial charge is 0.444 e. The van der Waals surface area contributed by atoms with E-state index in [-0.39, 0.29) is 99.7 Å². The standard InChI is InChI=1S/C28H34N8O3.C15H22N4O4.C15H24N4O2.C14H14N4O2S.C10H20N2O2.C5H3BrN2O2/c1-18-17-34(11-12-35(18)27(38)39-28(2,3)4)22-9-10-23(30-16-22)32-26-31-15-20-13-19(14-29)25(37)36(24(20)33-26)21-7-5-6-8-21;1-11-10-17(12-5-6-13(16-9-12)19(21)22)7-8-18(11)14(20)23-15(2,3)4;1-11-10-18(12-5-6-13(16)17-9-12)7-8-19(11)14(20)21-15(2,3)4;1-21(20)14-16-8-10-6-9(7-15)13(19)18(12(10)17-14)11-4-2-3-5-11;1-8-7-11-5-6-12(8)9(13)14-10(2,3)4;6-4-1-2-5(7-3-4)8(9)10/h9-10,13,15-16,18,21H,5-8,11-12,17H2,1-4H3,(H,30,31,32,33);5-6,9,11H,7-8,10H2,1-4H3;5-6,9,11H,7-8,10H2,1-4H3,(H2,16,17);6,8,11H,2-5H2,1H3;8,11H,5-7H2,1-4H3;1-3H. The zero-order valence-electron chi connectivity index (χ0n) is 75.7. The number of fused-ring (bicyclic) bond motifs is 2. The third kappa shape index (κ3) is 28.3. The normalized spacial score (nSPS) is 18.2. The van der Waals surface area contributed by atoms with Gasteiger partial charge in [0, 0.05) is 156 Å². The zero-order chi connectivity index (χ0) is 93.9. The number of piperazine rings is 4.